The Bertz CT molecular complexity index is 29.7. The minimum absolute atomic E-state index is 0.729. The number of nitrogens with zero attached hydrogens (tertiary/aromatic N) is 1. The van der Waals surface area contributed by atoms with E-state index in [9.17, 15) is 0 Å². The molecular formula is C6H16ClN. The second-order valence-electron chi connectivity index (χ2n) is 1.49. The Balaban J connectivity index is 0. The molecule has 0 aromatic carbocycles. The first-order valence-electron chi connectivity index (χ1n) is 2.98. The Kier molecular flexibility index (Phi) is 14.3. The lowest BCUT2D eigenvalue weighted by Crippen LogP contribution is -2.13. The lowest BCUT2D eigenvalue weighted by molar-refractivity contribution is 0.436. The molecule has 0 unspecified atom stereocenters. The summed E-state index contributed by atoms with van der Waals surface area (Å²) >= 11 is 5.35. The fourth-order valence-corrected chi connectivity index (χ4v) is 0.507. The quantitative estimate of drug-likeness (QED) is 0.525. The Morgan fingerprint density at radius 3 is 1.62 bits per heavy atom. The molecule has 0 aliphatic heterocycles. The third-order valence-corrected chi connectivity index (χ3v) is 0.701. The van der Waals surface area contributed by atoms with Gasteiger partial charge in [0.15, 0.2) is 0 Å². The average molecular weight is 138 g/mol. The fourth-order valence-electron chi connectivity index (χ4n) is 0.169. The molecule has 8 heavy (non-hydrogen) atoms. The monoisotopic (exact) mass is 137 g/mol. The van der Waals surface area contributed by atoms with Crippen LogP contribution in [0.5, 0.6) is 0 Å². The van der Waals surface area contributed by atoms with Gasteiger partial charge in [0.1, 0.15) is 0 Å². The molecule has 0 spiro atoms. The Hall–Kier alpha value is 0.250. The summed E-state index contributed by atoms with van der Waals surface area (Å²) in [5.41, 5.74) is 0. The van der Waals surface area contributed by atoms with Crippen molar-refractivity contribution in [3.63, 3.8) is 0 Å². The van der Waals surface area contributed by atoms with E-state index in [4.69, 9.17) is 11.6 Å². The van der Waals surface area contributed by atoms with Crippen LogP contribution in [0.3, 0.4) is 0 Å². The van der Waals surface area contributed by atoms with Crippen molar-refractivity contribution in [3.8, 4) is 0 Å². The first-order chi connectivity index (χ1) is 3.77. The van der Waals surface area contributed by atoms with Gasteiger partial charge in [-0.05, 0) is 14.1 Å². The lowest BCUT2D eigenvalue weighted by Gasteiger charge is -2.02. The molecule has 0 aliphatic carbocycles. The predicted molar refractivity (Wildman–Crippen MR) is 40.6 cm³/mol. The van der Waals surface area contributed by atoms with E-state index in [1.165, 1.54) is 0 Å². The summed E-state index contributed by atoms with van der Waals surface area (Å²) in [6.45, 7) is 4.97. The van der Waals surface area contributed by atoms with Crippen LogP contribution in [-0.2, 0) is 0 Å². The second kappa shape index (κ2) is 10.3. The third kappa shape index (κ3) is 16.3. The standard InChI is InChI=1S/C4H10ClN.C2H6/c1-6(2)4-3-5;1-2/h3-4H2,1-2H3;1-2H3. The summed E-state index contributed by atoms with van der Waals surface area (Å²) < 4.78 is 0. The van der Waals surface area contributed by atoms with E-state index >= 15 is 0 Å². The maximum atomic E-state index is 5.35. The zero-order chi connectivity index (χ0) is 6.99. The van der Waals surface area contributed by atoms with Gasteiger partial charge in [-0.1, -0.05) is 13.8 Å². The molecule has 0 N–H and O–H groups in total. The molecule has 0 radical (unpaired) electrons. The normalized spacial score (nSPS) is 8.25. The van der Waals surface area contributed by atoms with Crippen LogP contribution in [-0.4, -0.2) is 31.4 Å². The molecule has 0 aliphatic rings. The van der Waals surface area contributed by atoms with Crippen LogP contribution in [0.4, 0.5) is 0 Å². The number of halogens is 1. The summed E-state index contributed by atoms with van der Waals surface area (Å²) in [5, 5.41) is 0. The molecule has 0 fully saturated rings. The molecule has 0 atom stereocenters. The maximum Gasteiger partial charge on any atom is 0.0350 e. The largest absolute Gasteiger partial charge is 0.308 e. The Morgan fingerprint density at radius 2 is 1.62 bits per heavy atom. The van der Waals surface area contributed by atoms with Crippen LogP contribution in [0.25, 0.3) is 0 Å². The van der Waals surface area contributed by atoms with Crippen molar-refractivity contribution in [2.24, 2.45) is 0 Å². The van der Waals surface area contributed by atoms with E-state index in [-0.39, 0.29) is 0 Å². The molecular weight excluding hydrogens is 122 g/mol. The predicted octanol–water partition coefficient (Wildman–Crippen LogP) is 1.81. The van der Waals surface area contributed by atoms with Crippen molar-refractivity contribution in [2.75, 3.05) is 26.5 Å². The van der Waals surface area contributed by atoms with Gasteiger partial charge < -0.3 is 4.90 Å². The molecule has 0 aromatic heterocycles. The fraction of sp³-hybridized carbons (Fsp3) is 1.00. The molecule has 0 bridgehead atoms. The van der Waals surface area contributed by atoms with Crippen molar-refractivity contribution in [1.82, 2.24) is 4.90 Å². The van der Waals surface area contributed by atoms with Crippen molar-refractivity contribution in [1.29, 1.82) is 0 Å². The van der Waals surface area contributed by atoms with Gasteiger partial charge in [0.25, 0.3) is 0 Å². The van der Waals surface area contributed by atoms with Gasteiger partial charge in [-0.25, -0.2) is 0 Å². The summed E-state index contributed by atoms with van der Waals surface area (Å²) in [5.74, 6) is 0.729. The molecule has 0 aromatic rings. The summed E-state index contributed by atoms with van der Waals surface area (Å²) in [6, 6.07) is 0. The van der Waals surface area contributed by atoms with Gasteiger partial charge in [0.05, 0.1) is 0 Å². The summed E-state index contributed by atoms with van der Waals surface area (Å²) in [4.78, 5) is 2.05. The minimum atomic E-state index is 0.729. The molecule has 0 saturated heterocycles. The first kappa shape index (κ1) is 11.1. The van der Waals surface area contributed by atoms with Gasteiger partial charge in [-0.2, -0.15) is 0 Å². The number of hydrogen-bond donors (Lipinski definition) is 0. The summed E-state index contributed by atoms with van der Waals surface area (Å²) in [7, 11) is 4.00. The SMILES string of the molecule is CC.CN(C)CCCl. The van der Waals surface area contributed by atoms with Crippen molar-refractivity contribution in [3.05, 3.63) is 0 Å². The Labute approximate surface area is 57.6 Å². The highest BCUT2D eigenvalue weighted by Crippen LogP contribution is 1.75. The van der Waals surface area contributed by atoms with Gasteiger partial charge in [-0.3, -0.25) is 0 Å². The molecule has 2 heteroatoms. The highest BCUT2D eigenvalue weighted by molar-refractivity contribution is 6.18. The maximum absolute atomic E-state index is 5.35. The molecule has 52 valence electrons. The van der Waals surface area contributed by atoms with Gasteiger partial charge >= 0.3 is 0 Å². The van der Waals surface area contributed by atoms with Crippen LogP contribution in [0.2, 0.25) is 0 Å². The molecule has 0 amide bonds. The number of hydrogen-bond acceptors (Lipinski definition) is 1. The van der Waals surface area contributed by atoms with E-state index in [1.54, 1.807) is 0 Å². The van der Waals surface area contributed by atoms with Crippen LogP contribution >= 0.6 is 11.6 Å². The van der Waals surface area contributed by atoms with Crippen LogP contribution in [0, 0.1) is 0 Å². The van der Waals surface area contributed by atoms with Crippen LogP contribution in [0.15, 0.2) is 0 Å². The van der Waals surface area contributed by atoms with Crippen molar-refractivity contribution >= 4 is 11.6 Å². The van der Waals surface area contributed by atoms with E-state index in [1.807, 2.05) is 32.8 Å². The zero-order valence-electron chi connectivity index (χ0n) is 6.24. The molecule has 1 nitrogen and oxygen atoms in total. The molecule has 0 heterocycles. The first-order valence-corrected chi connectivity index (χ1v) is 3.51. The van der Waals surface area contributed by atoms with E-state index in [0.29, 0.717) is 0 Å². The smallest absolute Gasteiger partial charge is 0.0350 e. The van der Waals surface area contributed by atoms with Crippen LogP contribution in [0.1, 0.15) is 13.8 Å². The zero-order valence-corrected chi connectivity index (χ0v) is 7.00. The summed E-state index contributed by atoms with van der Waals surface area (Å²) in [6.07, 6.45) is 0. The number of alkyl halides is 1. The average Bonchev–Trinajstić information content (AvgIpc) is 1.72. The molecule has 0 saturated carbocycles. The highest BCUT2D eigenvalue weighted by Gasteiger charge is 1.81. The van der Waals surface area contributed by atoms with E-state index in [2.05, 4.69) is 0 Å². The Morgan fingerprint density at radius 1 is 1.25 bits per heavy atom. The van der Waals surface area contributed by atoms with E-state index < -0.39 is 0 Å². The topological polar surface area (TPSA) is 3.24 Å². The molecule has 0 rings (SSSR count). The van der Waals surface area contributed by atoms with Crippen molar-refractivity contribution < 1.29 is 0 Å². The highest BCUT2D eigenvalue weighted by atomic mass is 35.5. The van der Waals surface area contributed by atoms with Gasteiger partial charge in [0, 0.05) is 12.4 Å². The minimum Gasteiger partial charge on any atom is -0.308 e. The van der Waals surface area contributed by atoms with Crippen LogP contribution < -0.4 is 0 Å². The lowest BCUT2D eigenvalue weighted by atomic mass is 10.7. The van der Waals surface area contributed by atoms with E-state index in [0.717, 1.165) is 12.4 Å². The second-order valence-corrected chi connectivity index (χ2v) is 1.87. The number of rotatable bonds is 2. The van der Waals surface area contributed by atoms with Crippen molar-refractivity contribution in [2.45, 2.75) is 13.8 Å². The van der Waals surface area contributed by atoms with Gasteiger partial charge in [-0.15, -0.1) is 11.6 Å². The third-order valence-electron chi connectivity index (χ3n) is 0.532. The van der Waals surface area contributed by atoms with Gasteiger partial charge in [0.2, 0.25) is 0 Å².